The number of benzene rings is 1. The predicted molar refractivity (Wildman–Crippen MR) is 101 cm³/mol. The van der Waals surface area contributed by atoms with Gasteiger partial charge in [-0.2, -0.15) is 5.10 Å². The number of ether oxygens (including phenoxy) is 1. The largest absolute Gasteiger partial charge is 0.465 e. The minimum atomic E-state index is -0.409. The number of nitrogen functional groups attached to an aromatic ring is 1. The van der Waals surface area contributed by atoms with Crippen LogP contribution in [0.3, 0.4) is 0 Å². The molecule has 4 aromatic rings. The van der Waals surface area contributed by atoms with Crippen LogP contribution in [0.5, 0.6) is 0 Å². The second kappa shape index (κ2) is 5.76. The van der Waals surface area contributed by atoms with Gasteiger partial charge in [-0.3, -0.25) is 0 Å². The van der Waals surface area contributed by atoms with Crippen molar-refractivity contribution in [2.75, 3.05) is 12.8 Å². The zero-order valence-corrected chi connectivity index (χ0v) is 15.4. The summed E-state index contributed by atoms with van der Waals surface area (Å²) >= 11 is 0. The molecule has 9 nitrogen and oxygen atoms in total. The lowest BCUT2D eigenvalue weighted by atomic mass is 10.1. The van der Waals surface area contributed by atoms with Crippen molar-refractivity contribution in [3.05, 3.63) is 30.1 Å². The topological polar surface area (TPSA) is 125 Å². The van der Waals surface area contributed by atoms with E-state index in [-0.39, 0.29) is 5.54 Å². The minimum absolute atomic E-state index is 0.304. The maximum absolute atomic E-state index is 11.8. The van der Waals surface area contributed by atoms with Crippen LogP contribution in [0, 0.1) is 0 Å². The van der Waals surface area contributed by atoms with Crippen LogP contribution in [0.2, 0.25) is 0 Å². The maximum atomic E-state index is 11.8. The van der Waals surface area contributed by atoms with Crippen molar-refractivity contribution >= 4 is 33.9 Å². The van der Waals surface area contributed by atoms with Crippen LogP contribution in [-0.4, -0.2) is 42.8 Å². The normalized spacial score (nSPS) is 12.0. The molecule has 3 heterocycles. The van der Waals surface area contributed by atoms with E-state index in [1.807, 2.05) is 25.5 Å². The van der Waals surface area contributed by atoms with Crippen LogP contribution in [0.25, 0.3) is 33.6 Å². The Balaban J connectivity index is 1.96. The number of carbonyl (C=O) groups is 1. The van der Waals surface area contributed by atoms with Gasteiger partial charge < -0.3 is 15.5 Å². The summed E-state index contributed by atoms with van der Waals surface area (Å²) in [5, 5.41) is 5.35. The molecule has 0 spiro atoms. The number of carbonyl (C=O) groups excluding carboxylic acids is 1. The Morgan fingerprint density at radius 2 is 2.04 bits per heavy atom. The van der Waals surface area contributed by atoms with E-state index in [9.17, 15) is 4.79 Å². The average molecular weight is 365 g/mol. The molecule has 4 rings (SSSR count). The number of aromatic nitrogens is 6. The fraction of sp³-hybridized carbons (Fsp3) is 0.278. The first kappa shape index (κ1) is 17.0. The lowest BCUT2D eigenvalue weighted by molar-refractivity contribution is 0.0601. The van der Waals surface area contributed by atoms with Crippen molar-refractivity contribution in [1.82, 2.24) is 29.7 Å². The summed E-state index contributed by atoms with van der Waals surface area (Å²) in [7, 11) is 1.35. The Hall–Kier alpha value is -3.49. The summed E-state index contributed by atoms with van der Waals surface area (Å²) in [5.41, 5.74) is 8.85. The zero-order valence-electron chi connectivity index (χ0n) is 15.4. The number of imidazole rings is 1. The van der Waals surface area contributed by atoms with Crippen molar-refractivity contribution < 1.29 is 9.53 Å². The molecule has 3 N–H and O–H groups in total. The molecule has 0 bridgehead atoms. The van der Waals surface area contributed by atoms with E-state index < -0.39 is 5.97 Å². The first-order chi connectivity index (χ1) is 12.8. The molecular weight excluding hydrogens is 346 g/mol. The van der Waals surface area contributed by atoms with E-state index in [1.165, 1.54) is 13.4 Å². The molecule has 0 atom stereocenters. The molecule has 138 valence electrons. The number of nitrogens with two attached hydrogens (primary N) is 1. The number of esters is 1. The van der Waals surface area contributed by atoms with Crippen molar-refractivity contribution in [3.8, 4) is 11.5 Å². The van der Waals surface area contributed by atoms with E-state index in [0.29, 0.717) is 45.0 Å². The maximum Gasteiger partial charge on any atom is 0.337 e. The van der Waals surface area contributed by atoms with Crippen molar-refractivity contribution in [1.29, 1.82) is 0 Å². The number of methoxy groups -OCH3 is 1. The van der Waals surface area contributed by atoms with Crippen LogP contribution in [0.1, 0.15) is 31.1 Å². The Labute approximate surface area is 154 Å². The summed E-state index contributed by atoms with van der Waals surface area (Å²) in [5.74, 6) is 0.455. The third-order valence-electron chi connectivity index (χ3n) is 4.26. The van der Waals surface area contributed by atoms with Gasteiger partial charge in [0.25, 0.3) is 0 Å². The first-order valence-electron chi connectivity index (χ1n) is 8.37. The summed E-state index contributed by atoms with van der Waals surface area (Å²) < 4.78 is 6.58. The SMILES string of the molecule is COC(=O)c1ccc2nc(-c3nn(C(C)(C)C)c4ncnc(N)c34)[nH]c2c1. The standard InChI is InChI=1S/C18H19N7O2/c1-18(2,3)25-16-12(14(19)20-8-21-16)13(24-25)15-22-10-6-5-9(17(26)27-4)7-11(10)23-15/h5-8H,1-4H3,(H,22,23)(H2,19,20,21). The number of hydrogen-bond donors (Lipinski definition) is 2. The molecule has 1 aromatic carbocycles. The van der Waals surface area contributed by atoms with Crippen LogP contribution in [0.15, 0.2) is 24.5 Å². The number of rotatable bonds is 2. The highest BCUT2D eigenvalue weighted by Crippen LogP contribution is 2.32. The molecule has 9 heteroatoms. The van der Waals surface area contributed by atoms with Gasteiger partial charge in [-0.15, -0.1) is 0 Å². The van der Waals surface area contributed by atoms with Crippen molar-refractivity contribution in [2.45, 2.75) is 26.3 Å². The molecule has 0 saturated carbocycles. The summed E-state index contributed by atoms with van der Waals surface area (Å²) in [4.78, 5) is 28.0. The van der Waals surface area contributed by atoms with Gasteiger partial charge >= 0.3 is 5.97 Å². The summed E-state index contributed by atoms with van der Waals surface area (Å²) in [6.45, 7) is 6.09. The van der Waals surface area contributed by atoms with E-state index in [0.717, 1.165) is 0 Å². The van der Waals surface area contributed by atoms with E-state index in [1.54, 1.807) is 18.2 Å². The first-order valence-corrected chi connectivity index (χ1v) is 8.37. The molecule has 0 aliphatic heterocycles. The monoisotopic (exact) mass is 365 g/mol. The van der Waals surface area contributed by atoms with Gasteiger partial charge in [0.15, 0.2) is 11.5 Å². The Morgan fingerprint density at radius 1 is 1.26 bits per heavy atom. The number of aromatic amines is 1. The molecule has 3 aromatic heterocycles. The number of fused-ring (bicyclic) bond motifs is 2. The molecule has 0 fully saturated rings. The van der Waals surface area contributed by atoms with Gasteiger partial charge in [0, 0.05) is 0 Å². The van der Waals surface area contributed by atoms with Crippen LogP contribution >= 0.6 is 0 Å². The van der Waals surface area contributed by atoms with Gasteiger partial charge in [-0.25, -0.2) is 24.4 Å². The van der Waals surface area contributed by atoms with Crippen molar-refractivity contribution in [2.24, 2.45) is 0 Å². The van der Waals surface area contributed by atoms with E-state index in [4.69, 9.17) is 15.6 Å². The smallest absolute Gasteiger partial charge is 0.337 e. The number of nitrogens with zero attached hydrogens (tertiary/aromatic N) is 5. The molecule has 0 saturated heterocycles. The average Bonchev–Trinajstić information content (AvgIpc) is 3.21. The highest BCUT2D eigenvalue weighted by atomic mass is 16.5. The number of H-pyrrole nitrogens is 1. The summed E-state index contributed by atoms with van der Waals surface area (Å²) in [6.07, 6.45) is 1.42. The van der Waals surface area contributed by atoms with E-state index >= 15 is 0 Å². The predicted octanol–water partition coefficient (Wildman–Crippen LogP) is 2.49. The van der Waals surface area contributed by atoms with Crippen LogP contribution < -0.4 is 5.73 Å². The quantitative estimate of drug-likeness (QED) is 0.523. The van der Waals surface area contributed by atoms with Crippen molar-refractivity contribution in [3.63, 3.8) is 0 Å². The fourth-order valence-electron chi connectivity index (χ4n) is 2.97. The number of hydrogen-bond acceptors (Lipinski definition) is 7. The Kier molecular flexibility index (Phi) is 3.62. The Morgan fingerprint density at radius 3 is 2.74 bits per heavy atom. The third-order valence-corrected chi connectivity index (χ3v) is 4.26. The molecule has 0 aliphatic rings. The third kappa shape index (κ3) is 2.67. The summed E-state index contributed by atoms with van der Waals surface area (Å²) in [6, 6.07) is 5.12. The lowest BCUT2D eigenvalue weighted by Gasteiger charge is -2.19. The number of anilines is 1. The minimum Gasteiger partial charge on any atom is -0.465 e. The molecule has 0 aliphatic carbocycles. The van der Waals surface area contributed by atoms with Gasteiger partial charge in [-0.1, -0.05) is 0 Å². The van der Waals surface area contributed by atoms with Gasteiger partial charge in [-0.05, 0) is 39.0 Å². The Bertz CT molecular complexity index is 1180. The molecular formula is C18H19N7O2. The highest BCUT2D eigenvalue weighted by Gasteiger charge is 2.25. The molecule has 0 unspecified atom stereocenters. The van der Waals surface area contributed by atoms with Gasteiger partial charge in [0.05, 0.1) is 34.6 Å². The fourth-order valence-corrected chi connectivity index (χ4v) is 2.97. The second-order valence-corrected chi connectivity index (χ2v) is 7.20. The van der Waals surface area contributed by atoms with Crippen LogP contribution in [0.4, 0.5) is 5.82 Å². The molecule has 27 heavy (non-hydrogen) atoms. The van der Waals surface area contributed by atoms with Gasteiger partial charge in [0.1, 0.15) is 17.8 Å². The lowest BCUT2D eigenvalue weighted by Crippen LogP contribution is -2.23. The van der Waals surface area contributed by atoms with E-state index in [2.05, 4.69) is 19.9 Å². The number of nitrogens with one attached hydrogen (secondary N) is 1. The molecule has 0 amide bonds. The van der Waals surface area contributed by atoms with Gasteiger partial charge in [0.2, 0.25) is 0 Å². The second-order valence-electron chi connectivity index (χ2n) is 7.20. The highest BCUT2D eigenvalue weighted by molar-refractivity contribution is 5.99. The zero-order chi connectivity index (χ0) is 19.3. The van der Waals surface area contributed by atoms with Crippen LogP contribution in [-0.2, 0) is 10.3 Å². The molecule has 0 radical (unpaired) electrons.